The van der Waals surface area contributed by atoms with E-state index in [4.69, 9.17) is 24.7 Å². The summed E-state index contributed by atoms with van der Waals surface area (Å²) in [6.45, 7) is 45.3. The molecule has 2 aromatic heterocycles. The third kappa shape index (κ3) is 14.5. The van der Waals surface area contributed by atoms with Crippen molar-refractivity contribution in [1.29, 1.82) is 0 Å². The molecule has 1 unspecified atom stereocenters. The van der Waals surface area contributed by atoms with Crippen molar-refractivity contribution in [2.45, 2.75) is 235 Å². The van der Waals surface area contributed by atoms with Gasteiger partial charge in [-0.05, 0) is 83.4 Å². The molecule has 1 fully saturated rings. The molecule has 0 aliphatic carbocycles. The molecule has 0 saturated carbocycles. The fourth-order valence-electron chi connectivity index (χ4n) is 7.12. The standard InChI is InChI=1S/2C20H37N2.C5H10O.Ba/c2*1-10-13-19(6,7)15-16(20(8,9)14-11-2)22-17(21-15)18(4,5)12-3;1-5-2-3-6-4-5;/h2*10-14H2,1-9H3;5H,2-4H2,1H3;/q2*-1;;+2. The van der Waals surface area contributed by atoms with Gasteiger partial charge in [0, 0.05) is 13.2 Å². The van der Waals surface area contributed by atoms with Crippen molar-refractivity contribution in [3.05, 3.63) is 34.4 Å². The molecule has 2 aromatic rings. The van der Waals surface area contributed by atoms with Gasteiger partial charge >= 0.3 is 48.9 Å². The van der Waals surface area contributed by atoms with E-state index in [9.17, 15) is 0 Å². The van der Waals surface area contributed by atoms with Crippen molar-refractivity contribution in [2.24, 2.45) is 5.92 Å². The third-order valence-corrected chi connectivity index (χ3v) is 11.5. The summed E-state index contributed by atoms with van der Waals surface area (Å²) in [4.78, 5) is 20.3. The van der Waals surface area contributed by atoms with Gasteiger partial charge in [0.1, 0.15) is 0 Å². The summed E-state index contributed by atoms with van der Waals surface area (Å²) in [7, 11) is 0. The first-order valence-electron chi connectivity index (χ1n) is 20.6. The van der Waals surface area contributed by atoms with Gasteiger partial charge in [0.2, 0.25) is 0 Å². The Balaban J connectivity index is 0.000000825. The summed E-state index contributed by atoms with van der Waals surface area (Å²) in [5.74, 6) is 2.90. The number of hydrogen-bond donors (Lipinski definition) is 0. The smallest absolute Gasteiger partial charge is 0.442 e. The van der Waals surface area contributed by atoms with Gasteiger partial charge in [0.05, 0.1) is 0 Å². The predicted octanol–water partition coefficient (Wildman–Crippen LogP) is 12.4. The summed E-state index contributed by atoms with van der Waals surface area (Å²) in [5.41, 5.74) is 5.47. The van der Waals surface area contributed by atoms with Crippen LogP contribution in [0, 0.1) is 5.92 Å². The van der Waals surface area contributed by atoms with Gasteiger partial charge in [-0.25, -0.2) is 0 Å². The maximum absolute atomic E-state index is 5.08. The first-order valence-corrected chi connectivity index (χ1v) is 20.6. The predicted molar refractivity (Wildman–Crippen MR) is 224 cm³/mol. The fraction of sp³-hybridized carbons (Fsp3) is 0.867. The van der Waals surface area contributed by atoms with E-state index >= 15 is 0 Å². The van der Waals surface area contributed by atoms with E-state index < -0.39 is 0 Å². The molecule has 1 atom stereocenters. The van der Waals surface area contributed by atoms with E-state index in [1.165, 1.54) is 54.9 Å². The number of aromatic nitrogens is 4. The molecule has 3 rings (SSSR count). The molecule has 1 saturated heterocycles. The van der Waals surface area contributed by atoms with Crippen LogP contribution in [-0.4, -0.2) is 72.1 Å². The van der Waals surface area contributed by atoms with Crippen molar-refractivity contribution >= 4 is 48.9 Å². The summed E-state index contributed by atoms with van der Waals surface area (Å²) >= 11 is 0. The van der Waals surface area contributed by atoms with Crippen LogP contribution in [0.1, 0.15) is 237 Å². The van der Waals surface area contributed by atoms with Gasteiger partial charge < -0.3 is 24.7 Å². The molecule has 0 radical (unpaired) electrons. The molecule has 3 heterocycles. The Kier molecular flexibility index (Phi) is 21.3. The fourth-order valence-corrected chi connectivity index (χ4v) is 7.12. The van der Waals surface area contributed by atoms with Crippen molar-refractivity contribution < 1.29 is 4.74 Å². The first-order chi connectivity index (χ1) is 22.9. The van der Waals surface area contributed by atoms with Crippen LogP contribution in [0.25, 0.3) is 0 Å². The molecule has 6 heteroatoms. The zero-order valence-electron chi connectivity index (χ0n) is 37.7. The van der Waals surface area contributed by atoms with Gasteiger partial charge in [-0.2, -0.15) is 0 Å². The van der Waals surface area contributed by atoms with Gasteiger partial charge in [0.15, 0.2) is 0 Å². The average Bonchev–Trinajstić information content (AvgIpc) is 3.79. The zero-order valence-corrected chi connectivity index (χ0v) is 42.1. The third-order valence-electron chi connectivity index (χ3n) is 11.5. The quantitative estimate of drug-likeness (QED) is 0.158. The van der Waals surface area contributed by atoms with E-state index in [1.807, 2.05) is 0 Å². The molecule has 0 spiro atoms. The number of hydrogen-bond acceptors (Lipinski definition) is 3. The minimum absolute atomic E-state index is 0. The second-order valence-corrected chi connectivity index (χ2v) is 19.5. The van der Waals surface area contributed by atoms with E-state index in [0.29, 0.717) is 0 Å². The van der Waals surface area contributed by atoms with Crippen molar-refractivity contribution in [3.63, 3.8) is 0 Å². The maximum atomic E-state index is 5.08. The van der Waals surface area contributed by atoms with Crippen LogP contribution in [0.15, 0.2) is 0 Å². The molecule has 1 aliphatic heterocycles. The SMILES string of the molecule is CC1CCOC1.CCCC(C)(C)c1nc(C(C)(C)CC)[n-]c1C(C)(C)CCC.CCCC(C)(C)c1nc(C(C)(C)CC)[n-]c1C(C)(C)CCC.[Ba+2]. The molecular formula is C45H84BaN4O. The Morgan fingerprint density at radius 2 is 0.843 bits per heavy atom. The number of nitrogens with zero attached hydrogens (tertiary/aromatic N) is 4. The Morgan fingerprint density at radius 3 is 1.06 bits per heavy atom. The van der Waals surface area contributed by atoms with Crippen molar-refractivity contribution in [3.8, 4) is 0 Å². The van der Waals surface area contributed by atoms with Gasteiger partial charge in [0.25, 0.3) is 0 Å². The molecule has 51 heavy (non-hydrogen) atoms. The van der Waals surface area contributed by atoms with Gasteiger partial charge in [-0.15, -0.1) is 0 Å². The van der Waals surface area contributed by atoms with Crippen LogP contribution >= 0.6 is 0 Å². The van der Waals surface area contributed by atoms with E-state index in [2.05, 4.69) is 132 Å². The molecule has 1 aliphatic rings. The van der Waals surface area contributed by atoms with Crippen LogP contribution in [0.5, 0.6) is 0 Å². The van der Waals surface area contributed by atoms with E-state index in [1.54, 1.807) is 0 Å². The Morgan fingerprint density at radius 1 is 0.529 bits per heavy atom. The minimum atomic E-state index is 0. The average molecular weight is 835 g/mol. The maximum Gasteiger partial charge on any atom is 2.00 e. The number of imidazole rings is 2. The van der Waals surface area contributed by atoms with E-state index in [-0.39, 0.29) is 81.4 Å². The minimum Gasteiger partial charge on any atom is -0.442 e. The monoisotopic (exact) mass is 835 g/mol. The second-order valence-electron chi connectivity index (χ2n) is 19.5. The van der Waals surface area contributed by atoms with Gasteiger partial charge in [-0.1, -0.05) is 192 Å². The summed E-state index contributed by atoms with van der Waals surface area (Å²) in [6, 6.07) is 0. The van der Waals surface area contributed by atoms with Crippen LogP contribution < -0.4 is 9.97 Å². The van der Waals surface area contributed by atoms with Crippen molar-refractivity contribution in [1.82, 2.24) is 19.9 Å². The molecule has 292 valence electrons. The molecule has 0 bridgehead atoms. The molecule has 0 amide bonds. The van der Waals surface area contributed by atoms with Crippen LogP contribution in [0.2, 0.25) is 0 Å². The molecule has 0 N–H and O–H groups in total. The van der Waals surface area contributed by atoms with E-state index in [0.717, 1.165) is 69.3 Å². The summed E-state index contributed by atoms with van der Waals surface area (Å²) in [6.07, 6.45) is 12.8. The number of ether oxygens (including phenoxy) is 1. The Hall–Kier alpha value is -0.0486. The van der Waals surface area contributed by atoms with Crippen LogP contribution in [0.4, 0.5) is 0 Å². The van der Waals surface area contributed by atoms with Gasteiger partial charge in [-0.3, -0.25) is 0 Å². The largest absolute Gasteiger partial charge is 2.00 e. The zero-order chi connectivity index (χ0) is 38.8. The summed E-state index contributed by atoms with van der Waals surface area (Å²) in [5, 5.41) is 0. The molecule has 0 aromatic carbocycles. The Bertz CT molecular complexity index is 1100. The first kappa shape index (κ1) is 51.0. The normalized spacial score (nSPS) is 15.9. The Labute approximate surface area is 358 Å². The number of rotatable bonds is 16. The molecular weight excluding hydrogens is 750 g/mol. The van der Waals surface area contributed by atoms with Crippen molar-refractivity contribution in [2.75, 3.05) is 13.2 Å². The topological polar surface area (TPSA) is 63.2 Å². The molecule has 5 nitrogen and oxygen atoms in total. The summed E-state index contributed by atoms with van der Waals surface area (Å²) < 4.78 is 5.06. The van der Waals surface area contributed by atoms with Crippen LogP contribution in [-0.2, 0) is 37.2 Å². The van der Waals surface area contributed by atoms with Crippen LogP contribution in [0.3, 0.4) is 0 Å². The second kappa shape index (κ2) is 21.3.